The molecule has 1 aliphatic heterocycles. The van der Waals surface area contributed by atoms with E-state index < -0.39 is 6.10 Å². The van der Waals surface area contributed by atoms with Crippen molar-refractivity contribution in [1.29, 1.82) is 0 Å². The summed E-state index contributed by atoms with van der Waals surface area (Å²) in [5.41, 5.74) is 4.20. The zero-order valence-electron chi connectivity index (χ0n) is 13.7. The van der Waals surface area contributed by atoms with Gasteiger partial charge in [-0.1, -0.05) is 30.3 Å². The smallest absolute Gasteiger partial charge is 0.163 e. The molecule has 0 amide bonds. The van der Waals surface area contributed by atoms with Crippen LogP contribution in [-0.2, 0) is 4.79 Å². The van der Waals surface area contributed by atoms with Gasteiger partial charge in [0.1, 0.15) is 6.29 Å². The number of fused-ring (bicyclic) bond motifs is 1. The maximum atomic E-state index is 10.4. The molecule has 2 aromatic carbocycles. The molecule has 0 radical (unpaired) electrons. The molecule has 0 saturated heterocycles. The van der Waals surface area contributed by atoms with Crippen molar-refractivity contribution in [3.63, 3.8) is 0 Å². The van der Waals surface area contributed by atoms with Gasteiger partial charge in [0.05, 0.1) is 6.61 Å². The molecule has 0 fully saturated rings. The molecular formula is C20H20O4. The number of aryl methyl sites for hydroxylation is 2. The lowest BCUT2D eigenvalue weighted by molar-refractivity contribution is -0.104. The Morgan fingerprint density at radius 1 is 1.04 bits per heavy atom. The molecule has 3 rings (SSSR count). The second-order valence-electron chi connectivity index (χ2n) is 5.92. The molecule has 0 bridgehead atoms. The molecule has 1 aliphatic rings. The van der Waals surface area contributed by atoms with E-state index >= 15 is 0 Å². The predicted octanol–water partition coefficient (Wildman–Crippen LogP) is 3.39. The Balaban J connectivity index is 1.93. The van der Waals surface area contributed by atoms with Crippen LogP contribution < -0.4 is 9.47 Å². The lowest BCUT2D eigenvalue weighted by Crippen LogP contribution is -2.36. The van der Waals surface area contributed by atoms with Gasteiger partial charge in [-0.2, -0.15) is 0 Å². The van der Waals surface area contributed by atoms with Crippen molar-refractivity contribution in [2.75, 3.05) is 6.61 Å². The molecule has 0 saturated carbocycles. The van der Waals surface area contributed by atoms with Gasteiger partial charge < -0.3 is 14.6 Å². The Morgan fingerprint density at radius 3 is 2.58 bits per heavy atom. The van der Waals surface area contributed by atoms with E-state index in [1.807, 2.05) is 24.3 Å². The van der Waals surface area contributed by atoms with Crippen molar-refractivity contribution in [3.05, 3.63) is 64.7 Å². The third kappa shape index (κ3) is 3.19. The summed E-state index contributed by atoms with van der Waals surface area (Å²) >= 11 is 0. The molecule has 4 nitrogen and oxygen atoms in total. The highest BCUT2D eigenvalue weighted by molar-refractivity contribution is 5.74. The van der Waals surface area contributed by atoms with Crippen LogP contribution in [0.4, 0.5) is 0 Å². The molecular weight excluding hydrogens is 304 g/mol. The number of carbonyl (C=O) groups is 1. The SMILES string of the molecule is Cc1ccc([C@@H]2Oc3ccc(/C=C\C=O)cc3O[C@H]2CO)cc1C. The number of rotatable bonds is 4. The summed E-state index contributed by atoms with van der Waals surface area (Å²) in [4.78, 5) is 10.4. The fraction of sp³-hybridized carbons (Fsp3) is 0.250. The number of ether oxygens (including phenoxy) is 2. The first-order valence-corrected chi connectivity index (χ1v) is 7.89. The van der Waals surface area contributed by atoms with Gasteiger partial charge in [-0.05, 0) is 54.3 Å². The molecule has 0 aromatic heterocycles. The topological polar surface area (TPSA) is 55.8 Å². The van der Waals surface area contributed by atoms with Crippen molar-refractivity contribution < 1.29 is 19.4 Å². The average molecular weight is 324 g/mol. The number of benzene rings is 2. The lowest BCUT2D eigenvalue weighted by atomic mass is 9.98. The first kappa shape index (κ1) is 16.3. The van der Waals surface area contributed by atoms with E-state index in [0.29, 0.717) is 11.5 Å². The molecule has 2 atom stereocenters. The third-order valence-electron chi connectivity index (χ3n) is 4.24. The van der Waals surface area contributed by atoms with Crippen LogP contribution >= 0.6 is 0 Å². The summed E-state index contributed by atoms with van der Waals surface area (Å²) < 4.78 is 12.0. The quantitative estimate of drug-likeness (QED) is 0.692. The Kier molecular flexibility index (Phi) is 4.67. The fourth-order valence-electron chi connectivity index (χ4n) is 2.76. The largest absolute Gasteiger partial charge is 0.480 e. The zero-order valence-corrected chi connectivity index (χ0v) is 13.7. The minimum absolute atomic E-state index is 0.147. The molecule has 124 valence electrons. The monoisotopic (exact) mass is 324 g/mol. The molecule has 0 spiro atoms. The van der Waals surface area contributed by atoms with Crippen LogP contribution in [0.3, 0.4) is 0 Å². The van der Waals surface area contributed by atoms with Gasteiger partial charge in [0.2, 0.25) is 0 Å². The van der Waals surface area contributed by atoms with Gasteiger partial charge in [-0.25, -0.2) is 0 Å². The zero-order chi connectivity index (χ0) is 17.1. The van der Waals surface area contributed by atoms with E-state index in [1.54, 1.807) is 12.1 Å². The number of hydrogen-bond donors (Lipinski definition) is 1. The number of allylic oxidation sites excluding steroid dienone is 1. The summed E-state index contributed by atoms with van der Waals surface area (Å²) in [6, 6.07) is 11.6. The number of carbonyl (C=O) groups excluding carboxylic acids is 1. The molecule has 0 unspecified atom stereocenters. The van der Waals surface area contributed by atoms with Crippen molar-refractivity contribution in [1.82, 2.24) is 0 Å². The van der Waals surface area contributed by atoms with E-state index in [2.05, 4.69) is 19.9 Å². The van der Waals surface area contributed by atoms with Crippen LogP contribution in [0.25, 0.3) is 6.08 Å². The Morgan fingerprint density at radius 2 is 1.88 bits per heavy atom. The Labute approximate surface area is 141 Å². The van der Waals surface area contributed by atoms with Crippen LogP contribution in [-0.4, -0.2) is 24.1 Å². The molecule has 2 aromatic rings. The van der Waals surface area contributed by atoms with Crippen molar-refractivity contribution in [2.24, 2.45) is 0 Å². The van der Waals surface area contributed by atoms with Gasteiger partial charge in [-0.3, -0.25) is 4.79 Å². The summed E-state index contributed by atoms with van der Waals surface area (Å²) in [5, 5.41) is 9.72. The number of aliphatic hydroxyl groups excluding tert-OH is 1. The van der Waals surface area contributed by atoms with Gasteiger partial charge in [0.15, 0.2) is 23.7 Å². The highest BCUT2D eigenvalue weighted by Gasteiger charge is 2.32. The molecule has 24 heavy (non-hydrogen) atoms. The lowest BCUT2D eigenvalue weighted by Gasteiger charge is -2.33. The highest BCUT2D eigenvalue weighted by Crippen LogP contribution is 2.40. The normalized spacial score (nSPS) is 19.5. The second kappa shape index (κ2) is 6.89. The summed E-state index contributed by atoms with van der Waals surface area (Å²) in [6.45, 7) is 3.96. The Hall–Kier alpha value is -2.59. The predicted molar refractivity (Wildman–Crippen MR) is 92.3 cm³/mol. The van der Waals surface area contributed by atoms with Gasteiger partial charge in [-0.15, -0.1) is 0 Å². The number of aliphatic hydroxyl groups is 1. The van der Waals surface area contributed by atoms with Crippen molar-refractivity contribution >= 4 is 12.4 Å². The van der Waals surface area contributed by atoms with Crippen LogP contribution in [0, 0.1) is 13.8 Å². The van der Waals surface area contributed by atoms with Crippen LogP contribution in [0.15, 0.2) is 42.5 Å². The maximum Gasteiger partial charge on any atom is 0.163 e. The fourth-order valence-corrected chi connectivity index (χ4v) is 2.76. The highest BCUT2D eigenvalue weighted by atomic mass is 16.6. The van der Waals surface area contributed by atoms with E-state index in [0.717, 1.165) is 17.4 Å². The minimum atomic E-state index is -0.482. The molecule has 4 heteroatoms. The molecule has 1 N–H and O–H groups in total. The van der Waals surface area contributed by atoms with Crippen LogP contribution in [0.5, 0.6) is 11.5 Å². The standard InChI is InChI=1S/C20H20O4/c1-13-5-7-16(10-14(13)2)20-19(12-22)23-18-11-15(4-3-9-21)6-8-17(18)24-20/h3-11,19-20,22H,12H2,1-2H3/b4-3-/t19-,20-/m0/s1. The van der Waals surface area contributed by atoms with Crippen molar-refractivity contribution in [2.45, 2.75) is 26.1 Å². The number of aldehydes is 1. The van der Waals surface area contributed by atoms with E-state index in [1.165, 1.54) is 17.2 Å². The summed E-state index contributed by atoms with van der Waals surface area (Å²) in [5.74, 6) is 1.20. The van der Waals surface area contributed by atoms with Crippen molar-refractivity contribution in [3.8, 4) is 11.5 Å². The van der Waals surface area contributed by atoms with Crippen LogP contribution in [0.2, 0.25) is 0 Å². The van der Waals surface area contributed by atoms with E-state index in [9.17, 15) is 9.90 Å². The summed E-state index contributed by atoms with van der Waals surface area (Å²) in [6.07, 6.45) is 3.00. The Bertz CT molecular complexity index is 779. The van der Waals surface area contributed by atoms with E-state index in [-0.39, 0.29) is 12.7 Å². The first-order chi connectivity index (χ1) is 11.6. The van der Waals surface area contributed by atoms with Gasteiger partial charge >= 0.3 is 0 Å². The first-order valence-electron chi connectivity index (χ1n) is 7.89. The molecule has 0 aliphatic carbocycles. The summed E-state index contributed by atoms with van der Waals surface area (Å²) in [7, 11) is 0. The van der Waals surface area contributed by atoms with Gasteiger partial charge in [0.25, 0.3) is 0 Å². The minimum Gasteiger partial charge on any atom is -0.480 e. The van der Waals surface area contributed by atoms with Crippen LogP contribution in [0.1, 0.15) is 28.4 Å². The molecule has 1 heterocycles. The average Bonchev–Trinajstić information content (AvgIpc) is 2.61. The number of hydrogen-bond acceptors (Lipinski definition) is 4. The van der Waals surface area contributed by atoms with E-state index in [4.69, 9.17) is 9.47 Å². The maximum absolute atomic E-state index is 10.4. The van der Waals surface area contributed by atoms with Gasteiger partial charge in [0, 0.05) is 0 Å². The second-order valence-corrected chi connectivity index (χ2v) is 5.92. The third-order valence-corrected chi connectivity index (χ3v) is 4.24.